The molecule has 1 heterocycles. The Labute approximate surface area is 157 Å². The van der Waals surface area contributed by atoms with E-state index in [-0.39, 0.29) is 17.1 Å². The summed E-state index contributed by atoms with van der Waals surface area (Å²) in [5.74, 6) is 0.193. The number of anilines is 1. The summed E-state index contributed by atoms with van der Waals surface area (Å²) in [6.07, 6.45) is 4.72. The van der Waals surface area contributed by atoms with Gasteiger partial charge in [0, 0.05) is 11.6 Å². The predicted octanol–water partition coefficient (Wildman–Crippen LogP) is 3.22. The summed E-state index contributed by atoms with van der Waals surface area (Å²) in [5.41, 5.74) is 0.903. The number of rotatable bonds is 7. The highest BCUT2D eigenvalue weighted by molar-refractivity contribution is 5.95. The van der Waals surface area contributed by atoms with Crippen LogP contribution in [-0.4, -0.2) is 48.6 Å². The Morgan fingerprint density at radius 1 is 1.04 bits per heavy atom. The van der Waals surface area contributed by atoms with Crippen LogP contribution < -0.4 is 19.5 Å². The Hall–Kier alpha value is -3.03. The number of benzene rings is 1. The molecule has 0 aliphatic heterocycles. The highest BCUT2D eigenvalue weighted by atomic mass is 16.5. The lowest BCUT2D eigenvalue weighted by Gasteiger charge is -2.18. The number of carbonyl (C=O) groups is 1. The van der Waals surface area contributed by atoms with Crippen LogP contribution >= 0.6 is 0 Å². The quantitative estimate of drug-likeness (QED) is 0.763. The topological polar surface area (TPSA) is 103 Å². The Morgan fingerprint density at radius 3 is 2.22 bits per heavy atom. The minimum Gasteiger partial charge on any atom is -0.492 e. The Bertz CT molecular complexity index is 817. The molecule has 144 valence electrons. The molecule has 1 aliphatic carbocycles. The fraction of sp³-hybridized carbons (Fsp3) is 0.421. The minimum atomic E-state index is -1.14. The molecule has 3 rings (SSSR count). The minimum absolute atomic E-state index is 0.0416. The van der Waals surface area contributed by atoms with Gasteiger partial charge in [-0.1, -0.05) is 12.8 Å². The lowest BCUT2D eigenvalue weighted by Crippen LogP contribution is -2.15. The zero-order valence-corrected chi connectivity index (χ0v) is 15.6. The number of methoxy groups -OCH3 is 3. The van der Waals surface area contributed by atoms with Gasteiger partial charge in [0.15, 0.2) is 11.5 Å². The molecule has 1 fully saturated rings. The molecule has 2 N–H and O–H groups in total. The zero-order chi connectivity index (χ0) is 19.4. The summed E-state index contributed by atoms with van der Waals surface area (Å²) in [6, 6.07) is 5.49. The molecule has 1 saturated carbocycles. The van der Waals surface area contributed by atoms with Gasteiger partial charge in [0.1, 0.15) is 11.4 Å². The zero-order valence-electron chi connectivity index (χ0n) is 15.6. The second kappa shape index (κ2) is 8.11. The van der Waals surface area contributed by atoms with E-state index in [0.717, 1.165) is 12.8 Å². The normalized spacial score (nSPS) is 14.0. The smallest absolute Gasteiger partial charge is 0.339 e. The Morgan fingerprint density at radius 2 is 1.70 bits per heavy atom. The van der Waals surface area contributed by atoms with Crippen LogP contribution in [0.2, 0.25) is 0 Å². The molecule has 1 aromatic heterocycles. The molecule has 0 atom stereocenters. The lowest BCUT2D eigenvalue weighted by atomic mass is 10.0. The molecule has 2 aromatic rings. The van der Waals surface area contributed by atoms with Crippen molar-refractivity contribution in [2.24, 2.45) is 0 Å². The van der Waals surface area contributed by atoms with Crippen LogP contribution in [0.3, 0.4) is 0 Å². The molecule has 1 aliphatic rings. The van der Waals surface area contributed by atoms with E-state index >= 15 is 0 Å². The van der Waals surface area contributed by atoms with Crippen LogP contribution in [0.15, 0.2) is 18.2 Å². The average molecular weight is 373 g/mol. The van der Waals surface area contributed by atoms with Crippen molar-refractivity contribution < 1.29 is 24.1 Å². The molecule has 0 radical (unpaired) electrons. The van der Waals surface area contributed by atoms with Crippen LogP contribution in [-0.2, 0) is 0 Å². The summed E-state index contributed by atoms with van der Waals surface area (Å²) < 4.78 is 16.0. The first kappa shape index (κ1) is 18.8. The van der Waals surface area contributed by atoms with Crippen molar-refractivity contribution in [1.29, 1.82) is 0 Å². The van der Waals surface area contributed by atoms with Crippen molar-refractivity contribution >= 4 is 11.8 Å². The Balaban J connectivity index is 2.01. The number of aromatic nitrogens is 2. The van der Waals surface area contributed by atoms with E-state index in [9.17, 15) is 9.90 Å². The molecule has 0 unspecified atom stereocenters. The monoisotopic (exact) mass is 373 g/mol. The van der Waals surface area contributed by atoms with Crippen molar-refractivity contribution in [1.82, 2.24) is 10.2 Å². The molecule has 27 heavy (non-hydrogen) atoms. The van der Waals surface area contributed by atoms with E-state index in [4.69, 9.17) is 14.2 Å². The number of carboxylic acids is 1. The number of ether oxygens (including phenoxy) is 3. The maximum atomic E-state index is 11.7. The van der Waals surface area contributed by atoms with Gasteiger partial charge in [-0.25, -0.2) is 4.79 Å². The fourth-order valence-corrected chi connectivity index (χ4v) is 3.40. The Kier molecular flexibility index (Phi) is 5.63. The van der Waals surface area contributed by atoms with Crippen molar-refractivity contribution in [3.05, 3.63) is 23.8 Å². The highest BCUT2D eigenvalue weighted by Crippen LogP contribution is 2.46. The SMILES string of the molecule is COc1c(C(=O)O)cc(-c2ccc(NC3CCCC3)nn2)c(OC)c1OC. The number of nitrogens with zero attached hydrogens (tertiary/aromatic N) is 2. The maximum absolute atomic E-state index is 11.7. The van der Waals surface area contributed by atoms with Crippen molar-refractivity contribution in [2.45, 2.75) is 31.7 Å². The summed E-state index contributed by atoms with van der Waals surface area (Å²) in [6.45, 7) is 0. The summed E-state index contributed by atoms with van der Waals surface area (Å²) in [7, 11) is 4.29. The lowest BCUT2D eigenvalue weighted by molar-refractivity contribution is 0.0692. The van der Waals surface area contributed by atoms with Gasteiger partial charge in [-0.3, -0.25) is 0 Å². The summed E-state index contributed by atoms with van der Waals surface area (Å²) >= 11 is 0. The fourth-order valence-electron chi connectivity index (χ4n) is 3.40. The molecule has 0 amide bonds. The van der Waals surface area contributed by atoms with Gasteiger partial charge < -0.3 is 24.6 Å². The van der Waals surface area contributed by atoms with Gasteiger partial charge in [-0.05, 0) is 31.0 Å². The number of nitrogens with one attached hydrogen (secondary N) is 1. The molecule has 1 aromatic carbocycles. The van der Waals surface area contributed by atoms with Crippen molar-refractivity contribution in [3.8, 4) is 28.5 Å². The number of hydrogen-bond acceptors (Lipinski definition) is 7. The predicted molar refractivity (Wildman–Crippen MR) is 100.0 cm³/mol. The second-order valence-electron chi connectivity index (χ2n) is 6.31. The van der Waals surface area contributed by atoms with E-state index < -0.39 is 5.97 Å². The van der Waals surface area contributed by atoms with Crippen LogP contribution in [0.25, 0.3) is 11.3 Å². The summed E-state index contributed by atoms with van der Waals surface area (Å²) in [5, 5.41) is 21.4. The van der Waals surface area contributed by atoms with E-state index in [1.807, 2.05) is 6.07 Å². The first-order valence-corrected chi connectivity index (χ1v) is 8.76. The maximum Gasteiger partial charge on any atom is 0.339 e. The van der Waals surface area contributed by atoms with Crippen molar-refractivity contribution in [3.63, 3.8) is 0 Å². The van der Waals surface area contributed by atoms with E-state index in [2.05, 4.69) is 15.5 Å². The van der Waals surface area contributed by atoms with Crippen LogP contribution in [0, 0.1) is 0 Å². The second-order valence-corrected chi connectivity index (χ2v) is 6.31. The van der Waals surface area contributed by atoms with Gasteiger partial charge >= 0.3 is 5.97 Å². The molecule has 0 bridgehead atoms. The molecule has 0 saturated heterocycles. The van der Waals surface area contributed by atoms with E-state index in [0.29, 0.717) is 28.9 Å². The van der Waals surface area contributed by atoms with Crippen molar-refractivity contribution in [2.75, 3.05) is 26.6 Å². The van der Waals surface area contributed by atoms with Gasteiger partial charge in [0.05, 0.1) is 27.0 Å². The number of carboxylic acid groups (broad SMARTS) is 1. The van der Waals surface area contributed by atoms with E-state index in [1.54, 1.807) is 6.07 Å². The standard InChI is InChI=1S/C19H23N3O5/c1-25-16-12(10-13(19(23)24)17(26-2)18(16)27-3)14-8-9-15(22-21-14)20-11-6-4-5-7-11/h8-11H,4-7H2,1-3H3,(H,20,22)(H,23,24). The first-order valence-electron chi connectivity index (χ1n) is 8.76. The third-order valence-corrected chi connectivity index (χ3v) is 4.68. The molecular formula is C19H23N3O5. The third kappa shape index (κ3) is 3.74. The van der Waals surface area contributed by atoms with Gasteiger partial charge in [0.25, 0.3) is 0 Å². The van der Waals surface area contributed by atoms with Gasteiger partial charge in [-0.15, -0.1) is 10.2 Å². The van der Waals surface area contributed by atoms with Gasteiger partial charge in [0.2, 0.25) is 5.75 Å². The highest BCUT2D eigenvalue weighted by Gasteiger charge is 2.25. The number of aromatic carboxylic acids is 1. The largest absolute Gasteiger partial charge is 0.492 e. The van der Waals surface area contributed by atoms with Crippen LogP contribution in [0.4, 0.5) is 5.82 Å². The van der Waals surface area contributed by atoms with Gasteiger partial charge in [-0.2, -0.15) is 0 Å². The molecule has 8 heteroatoms. The third-order valence-electron chi connectivity index (χ3n) is 4.68. The van der Waals surface area contributed by atoms with Crippen LogP contribution in [0.1, 0.15) is 36.0 Å². The average Bonchev–Trinajstić information content (AvgIpc) is 3.19. The van der Waals surface area contributed by atoms with E-state index in [1.165, 1.54) is 40.2 Å². The molecular weight excluding hydrogens is 350 g/mol. The van der Waals surface area contributed by atoms with Crippen LogP contribution in [0.5, 0.6) is 17.2 Å². The molecule has 8 nitrogen and oxygen atoms in total. The molecule has 0 spiro atoms. The first-order chi connectivity index (χ1) is 13.1. The summed E-state index contributed by atoms with van der Waals surface area (Å²) in [4.78, 5) is 11.7. The number of hydrogen-bond donors (Lipinski definition) is 2.